The fraction of sp³-hybridized carbons (Fsp3) is 0.250. The molecular formula is C16H16N2O. The summed E-state index contributed by atoms with van der Waals surface area (Å²) in [6, 6.07) is 13.7. The van der Waals surface area contributed by atoms with E-state index < -0.39 is 0 Å². The van der Waals surface area contributed by atoms with Crippen LogP contribution in [0.2, 0.25) is 0 Å². The highest BCUT2D eigenvalue weighted by atomic mass is 16.3. The van der Waals surface area contributed by atoms with Crippen molar-refractivity contribution in [3.8, 4) is 5.75 Å². The Hall–Kier alpha value is -2.16. The number of rotatable bonds is 2. The van der Waals surface area contributed by atoms with Crippen molar-refractivity contribution >= 4 is 0 Å². The largest absolute Gasteiger partial charge is 0.508 e. The van der Waals surface area contributed by atoms with E-state index in [1.165, 1.54) is 0 Å². The molecule has 0 fully saturated rings. The zero-order valence-corrected chi connectivity index (χ0v) is 10.9. The highest BCUT2D eigenvalue weighted by molar-refractivity contribution is 5.36. The van der Waals surface area contributed by atoms with E-state index in [9.17, 15) is 5.11 Å². The molecule has 0 spiro atoms. The molecule has 0 aliphatic carbocycles. The van der Waals surface area contributed by atoms with Crippen molar-refractivity contribution in [1.82, 2.24) is 0 Å². The van der Waals surface area contributed by atoms with Crippen LogP contribution in [-0.2, 0) is 6.42 Å². The number of nitrogens with zero attached hydrogens (tertiary/aromatic N) is 2. The Morgan fingerprint density at radius 3 is 2.79 bits per heavy atom. The number of fused-ring (bicyclic) bond motifs is 1. The van der Waals surface area contributed by atoms with Crippen LogP contribution in [0.15, 0.2) is 52.4 Å². The van der Waals surface area contributed by atoms with E-state index in [0.717, 1.165) is 28.3 Å². The van der Waals surface area contributed by atoms with E-state index in [1.54, 1.807) is 6.07 Å². The van der Waals surface area contributed by atoms with Crippen LogP contribution in [0, 0.1) is 6.92 Å². The van der Waals surface area contributed by atoms with Gasteiger partial charge in [-0.3, -0.25) is 9.98 Å². The summed E-state index contributed by atoms with van der Waals surface area (Å²) >= 11 is 0. The van der Waals surface area contributed by atoms with Gasteiger partial charge in [-0.25, -0.2) is 0 Å². The van der Waals surface area contributed by atoms with Crippen molar-refractivity contribution in [3.05, 3.63) is 64.3 Å². The molecule has 2 aromatic rings. The molecule has 19 heavy (non-hydrogen) atoms. The second kappa shape index (κ2) is 4.84. The van der Waals surface area contributed by atoms with Crippen molar-refractivity contribution in [2.45, 2.75) is 19.4 Å². The molecule has 0 amide bonds. The number of hydrogen-bond donors (Lipinski definition) is 1. The molecule has 1 aliphatic rings. The summed E-state index contributed by atoms with van der Waals surface area (Å²) < 4.78 is 0. The summed E-state index contributed by atoms with van der Waals surface area (Å²) in [5, 5.41) is 11.8. The van der Waals surface area contributed by atoms with Crippen molar-refractivity contribution in [2.24, 2.45) is 9.98 Å². The third kappa shape index (κ3) is 2.50. The molecule has 0 bridgehead atoms. The molecule has 1 unspecified atom stereocenters. The highest BCUT2D eigenvalue weighted by Crippen LogP contribution is 2.20. The lowest BCUT2D eigenvalue weighted by atomic mass is 10.0. The molecule has 3 heteroatoms. The quantitative estimate of drug-likeness (QED) is 0.866. The van der Waals surface area contributed by atoms with Gasteiger partial charge in [-0.1, -0.05) is 29.8 Å². The van der Waals surface area contributed by atoms with Crippen molar-refractivity contribution in [1.29, 1.82) is 0 Å². The van der Waals surface area contributed by atoms with Gasteiger partial charge in [0.25, 0.3) is 0 Å². The van der Waals surface area contributed by atoms with Gasteiger partial charge in [0.05, 0.1) is 23.3 Å². The average molecular weight is 252 g/mol. The van der Waals surface area contributed by atoms with E-state index in [-0.39, 0.29) is 6.04 Å². The lowest BCUT2D eigenvalue weighted by molar-refractivity contribution is 0.464. The van der Waals surface area contributed by atoms with Crippen LogP contribution in [-0.4, -0.2) is 17.7 Å². The van der Waals surface area contributed by atoms with E-state index >= 15 is 0 Å². The first-order chi connectivity index (χ1) is 9.22. The smallest absolute Gasteiger partial charge is 0.118 e. The molecule has 1 aliphatic heterocycles. The van der Waals surface area contributed by atoms with Crippen molar-refractivity contribution in [3.63, 3.8) is 0 Å². The maximum Gasteiger partial charge on any atom is 0.118 e. The van der Waals surface area contributed by atoms with Crippen molar-refractivity contribution < 1.29 is 5.11 Å². The number of phenolic OH excluding ortho intramolecular Hbond substituents is 1. The van der Waals surface area contributed by atoms with Gasteiger partial charge < -0.3 is 5.11 Å². The Morgan fingerprint density at radius 2 is 1.95 bits per heavy atom. The number of para-hydroxylation sites is 2. The van der Waals surface area contributed by atoms with Gasteiger partial charge in [0.2, 0.25) is 0 Å². The molecule has 1 N–H and O–H groups in total. The molecule has 96 valence electrons. The molecule has 3 rings (SSSR count). The maximum absolute atomic E-state index is 9.89. The van der Waals surface area contributed by atoms with Gasteiger partial charge >= 0.3 is 0 Å². The third-order valence-electron chi connectivity index (χ3n) is 3.37. The fourth-order valence-corrected chi connectivity index (χ4v) is 2.39. The van der Waals surface area contributed by atoms with E-state index in [4.69, 9.17) is 4.99 Å². The van der Waals surface area contributed by atoms with Crippen LogP contribution in [0.25, 0.3) is 0 Å². The van der Waals surface area contributed by atoms with Gasteiger partial charge in [-0.2, -0.15) is 0 Å². The number of hydrogen-bond acceptors (Lipinski definition) is 3. The summed E-state index contributed by atoms with van der Waals surface area (Å²) in [6.07, 6.45) is 0.728. The standard InChI is InChI=1S/C16H16N2O/c1-11-6-7-16(19)12(8-11)9-13-10-17-14-4-2-3-5-15(14)18-13/h2-8,13,19H,9-10H2,1H3. The van der Waals surface area contributed by atoms with Crippen LogP contribution in [0.5, 0.6) is 5.75 Å². The Morgan fingerprint density at radius 1 is 1.16 bits per heavy atom. The molecule has 1 atom stereocenters. The second-order valence-corrected chi connectivity index (χ2v) is 4.95. The predicted octanol–water partition coefficient (Wildman–Crippen LogP) is 1.56. The van der Waals surface area contributed by atoms with Crippen LogP contribution < -0.4 is 10.7 Å². The Kier molecular flexibility index (Phi) is 3.03. The first kappa shape index (κ1) is 11.9. The lowest BCUT2D eigenvalue weighted by Gasteiger charge is -2.14. The zero-order chi connectivity index (χ0) is 13.2. The highest BCUT2D eigenvalue weighted by Gasteiger charge is 2.13. The minimum absolute atomic E-state index is 0.114. The van der Waals surface area contributed by atoms with Gasteiger partial charge in [-0.05, 0) is 30.7 Å². The van der Waals surface area contributed by atoms with E-state index in [1.807, 2.05) is 43.3 Å². The third-order valence-corrected chi connectivity index (χ3v) is 3.37. The van der Waals surface area contributed by atoms with Crippen LogP contribution in [0.4, 0.5) is 0 Å². The Bertz CT molecular complexity index is 722. The van der Waals surface area contributed by atoms with Crippen LogP contribution in [0.3, 0.4) is 0 Å². The molecule has 0 saturated carbocycles. The minimum Gasteiger partial charge on any atom is -0.508 e. The zero-order valence-electron chi connectivity index (χ0n) is 10.9. The fourth-order valence-electron chi connectivity index (χ4n) is 2.39. The monoisotopic (exact) mass is 252 g/mol. The van der Waals surface area contributed by atoms with Gasteiger partial charge in [-0.15, -0.1) is 0 Å². The van der Waals surface area contributed by atoms with Crippen LogP contribution >= 0.6 is 0 Å². The number of aromatic hydroxyl groups is 1. The van der Waals surface area contributed by atoms with Crippen molar-refractivity contribution in [2.75, 3.05) is 6.54 Å². The Labute approximate surface area is 112 Å². The lowest BCUT2D eigenvalue weighted by Crippen LogP contribution is -2.34. The average Bonchev–Trinajstić information content (AvgIpc) is 2.43. The molecule has 2 aromatic carbocycles. The molecule has 3 nitrogen and oxygen atoms in total. The molecule has 0 radical (unpaired) electrons. The second-order valence-electron chi connectivity index (χ2n) is 4.95. The molecular weight excluding hydrogens is 236 g/mol. The van der Waals surface area contributed by atoms with E-state index in [0.29, 0.717) is 12.3 Å². The predicted molar refractivity (Wildman–Crippen MR) is 74.0 cm³/mol. The number of aryl methyl sites for hydroxylation is 1. The first-order valence-corrected chi connectivity index (χ1v) is 6.48. The topological polar surface area (TPSA) is 45.0 Å². The summed E-state index contributed by atoms with van der Waals surface area (Å²) in [5.41, 5.74) is 2.10. The maximum atomic E-state index is 9.89. The number of phenols is 1. The molecule has 0 saturated heterocycles. The number of benzene rings is 2. The summed E-state index contributed by atoms with van der Waals surface area (Å²) in [5.74, 6) is 0.347. The van der Waals surface area contributed by atoms with Crippen LogP contribution in [0.1, 0.15) is 11.1 Å². The SMILES string of the molecule is Cc1ccc(O)c(CC2CN=c3ccccc3=N2)c1. The molecule has 1 heterocycles. The minimum atomic E-state index is 0.114. The Balaban J connectivity index is 1.90. The van der Waals surface area contributed by atoms with Gasteiger partial charge in [0, 0.05) is 6.42 Å². The van der Waals surface area contributed by atoms with Gasteiger partial charge in [0.15, 0.2) is 0 Å². The summed E-state index contributed by atoms with van der Waals surface area (Å²) in [4.78, 5) is 9.25. The van der Waals surface area contributed by atoms with Gasteiger partial charge in [0.1, 0.15) is 5.75 Å². The summed E-state index contributed by atoms with van der Waals surface area (Å²) in [7, 11) is 0. The molecule has 0 aromatic heterocycles. The first-order valence-electron chi connectivity index (χ1n) is 6.48. The summed E-state index contributed by atoms with van der Waals surface area (Å²) in [6.45, 7) is 2.71. The van der Waals surface area contributed by atoms with E-state index in [2.05, 4.69) is 4.99 Å². The normalized spacial score (nSPS) is 17.2.